The largest absolute Gasteiger partial charge is 0.505 e. The molecule has 0 bridgehead atoms. The number of rotatable bonds is 6. The second-order valence-corrected chi connectivity index (χ2v) is 13.4. The van der Waals surface area contributed by atoms with Crippen LogP contribution in [-0.2, 0) is 27.2 Å². The van der Waals surface area contributed by atoms with Gasteiger partial charge in [-0.25, -0.2) is 9.59 Å². The first kappa shape index (κ1) is 32.2. The number of likely N-dealkylation sites (tertiary alicyclic amines) is 3. The highest BCUT2D eigenvalue weighted by Crippen LogP contribution is 2.27. The zero-order valence-corrected chi connectivity index (χ0v) is 27.3. The minimum Gasteiger partial charge on any atom is -0.436 e. The summed E-state index contributed by atoms with van der Waals surface area (Å²) in [5, 5.41) is 0.402. The van der Waals surface area contributed by atoms with Crippen LogP contribution in [0.25, 0.3) is 0 Å². The van der Waals surface area contributed by atoms with Crippen LogP contribution in [0.2, 0.25) is 5.02 Å². The minimum absolute atomic E-state index is 0.155. The Morgan fingerprint density at radius 2 is 1.63 bits per heavy atom. The lowest BCUT2D eigenvalue weighted by Gasteiger charge is -2.41. The summed E-state index contributed by atoms with van der Waals surface area (Å²) in [7, 11) is 0. The number of halogens is 1. The van der Waals surface area contributed by atoms with E-state index in [0.29, 0.717) is 61.5 Å². The van der Waals surface area contributed by atoms with Crippen molar-refractivity contribution in [2.45, 2.75) is 82.9 Å². The predicted molar refractivity (Wildman–Crippen MR) is 172 cm³/mol. The average Bonchev–Trinajstić information content (AvgIpc) is 3.07. The van der Waals surface area contributed by atoms with E-state index in [9.17, 15) is 19.2 Å². The maximum Gasteiger partial charge on any atom is 0.505 e. The molecule has 4 aliphatic rings. The molecule has 1 aromatic carbocycles. The third-order valence-corrected chi connectivity index (χ3v) is 10.4. The lowest BCUT2D eigenvalue weighted by molar-refractivity contribution is -0.589. The van der Waals surface area contributed by atoms with Gasteiger partial charge in [0.05, 0.1) is 16.9 Å². The van der Waals surface area contributed by atoms with Crippen LogP contribution in [0, 0.1) is 6.92 Å². The molecule has 4 aliphatic heterocycles. The molecule has 11 nitrogen and oxygen atoms in total. The quantitative estimate of drug-likeness (QED) is 0.375. The van der Waals surface area contributed by atoms with Crippen molar-refractivity contribution in [2.75, 3.05) is 45.0 Å². The number of nitrogens with two attached hydrogens (primary N) is 1. The Hall–Kier alpha value is -3.70. The number of ether oxygens (including phenoxy) is 1. The van der Waals surface area contributed by atoms with E-state index in [1.54, 1.807) is 29.3 Å². The van der Waals surface area contributed by atoms with Crippen molar-refractivity contribution in [3.63, 3.8) is 0 Å². The normalized spacial score (nSPS) is 20.9. The molecule has 3 fully saturated rings. The van der Waals surface area contributed by atoms with Crippen LogP contribution in [0.15, 0.2) is 36.5 Å². The fourth-order valence-electron chi connectivity index (χ4n) is 7.41. The predicted octanol–water partition coefficient (Wildman–Crippen LogP) is 3.56. The van der Waals surface area contributed by atoms with Crippen LogP contribution in [0.4, 0.5) is 15.3 Å². The first-order valence-electron chi connectivity index (χ1n) is 16.6. The van der Waals surface area contributed by atoms with E-state index in [1.165, 1.54) is 28.7 Å². The van der Waals surface area contributed by atoms with Gasteiger partial charge in [0, 0.05) is 51.5 Å². The summed E-state index contributed by atoms with van der Waals surface area (Å²) in [6, 6.07) is 8.77. The van der Waals surface area contributed by atoms with Gasteiger partial charge in [-0.2, -0.15) is 14.3 Å². The van der Waals surface area contributed by atoms with Gasteiger partial charge in [0.15, 0.2) is 6.10 Å². The van der Waals surface area contributed by atoms with Crippen molar-refractivity contribution in [3.05, 3.63) is 58.4 Å². The van der Waals surface area contributed by atoms with E-state index in [4.69, 9.17) is 22.1 Å². The van der Waals surface area contributed by atoms with Crippen molar-refractivity contribution >= 4 is 41.2 Å². The highest BCUT2D eigenvalue weighted by molar-refractivity contribution is 6.33. The van der Waals surface area contributed by atoms with Crippen molar-refractivity contribution in [1.82, 2.24) is 19.6 Å². The topological polar surface area (TPSA) is 120 Å². The molecule has 12 heteroatoms. The molecule has 5 heterocycles. The molecular formula is C34H44ClN6O5+. The molecular weight excluding hydrogens is 608 g/mol. The number of fused-ring (bicyclic) bond motifs is 1. The zero-order valence-electron chi connectivity index (χ0n) is 26.5. The van der Waals surface area contributed by atoms with Crippen LogP contribution in [0.3, 0.4) is 0 Å². The van der Waals surface area contributed by atoms with Crippen LogP contribution in [-0.4, -0.2) is 101 Å². The molecule has 0 unspecified atom stereocenters. The van der Waals surface area contributed by atoms with Crippen LogP contribution in [0.5, 0.6) is 0 Å². The number of amides is 4. The van der Waals surface area contributed by atoms with Gasteiger partial charge in [-0.15, -0.1) is 0 Å². The Kier molecular flexibility index (Phi) is 9.79. The fraction of sp³-hybridized carbons (Fsp3) is 0.559. The lowest BCUT2D eigenvalue weighted by Crippen LogP contribution is -2.65. The zero-order chi connectivity index (χ0) is 32.4. The molecule has 1 atom stereocenters. The van der Waals surface area contributed by atoms with Gasteiger partial charge in [-0.05, 0) is 75.0 Å². The van der Waals surface area contributed by atoms with Crippen LogP contribution >= 0.6 is 11.6 Å². The molecule has 6 rings (SSSR count). The summed E-state index contributed by atoms with van der Waals surface area (Å²) in [4.78, 5) is 60.9. The molecule has 0 spiro atoms. The minimum atomic E-state index is -1.02. The molecule has 0 radical (unpaired) electrons. The van der Waals surface area contributed by atoms with E-state index in [2.05, 4.69) is 4.90 Å². The van der Waals surface area contributed by atoms with Gasteiger partial charge in [0.2, 0.25) is 0 Å². The fourth-order valence-corrected chi connectivity index (χ4v) is 7.70. The monoisotopic (exact) mass is 651 g/mol. The molecule has 2 aromatic rings. The Balaban J connectivity index is 1.11. The molecule has 3 saturated heterocycles. The highest BCUT2D eigenvalue weighted by Gasteiger charge is 2.46. The average molecular weight is 652 g/mol. The summed E-state index contributed by atoms with van der Waals surface area (Å²) in [5.74, 6) is -0.435. The van der Waals surface area contributed by atoms with Crippen LogP contribution < -0.4 is 10.3 Å². The number of anilines is 1. The van der Waals surface area contributed by atoms with E-state index in [-0.39, 0.29) is 36.7 Å². The van der Waals surface area contributed by atoms with E-state index >= 15 is 0 Å². The second-order valence-electron chi connectivity index (χ2n) is 13.0. The molecule has 0 saturated carbocycles. The third kappa shape index (κ3) is 6.85. The third-order valence-electron chi connectivity index (χ3n) is 10.1. The molecule has 1 aromatic heterocycles. The molecule has 46 heavy (non-hydrogen) atoms. The number of benzene rings is 1. The molecule has 246 valence electrons. The number of nitrogens with zero attached hydrogens (tertiary/aromatic N) is 5. The SMILES string of the molecule is Cc1cc(C[C@@H](OC(=O)N2CCC(N3C(=O)Cc4cccc[n+]4C3=O)CC2)C(=O)N2CCC(N3CCCCC3)CC2)cc(Cl)c1N. The summed E-state index contributed by atoms with van der Waals surface area (Å²) < 4.78 is 7.50. The number of hydrogen-bond donors (Lipinski definition) is 1. The van der Waals surface area contributed by atoms with Gasteiger partial charge in [-0.3, -0.25) is 4.79 Å². The smallest absolute Gasteiger partial charge is 0.436 e. The molecule has 4 amide bonds. The van der Waals surface area contributed by atoms with E-state index < -0.39 is 12.2 Å². The number of carbonyl (C=O) groups excluding carboxylic acids is 4. The lowest BCUT2D eigenvalue weighted by atomic mass is 9.98. The van der Waals surface area contributed by atoms with Crippen molar-refractivity contribution in [1.29, 1.82) is 0 Å². The Bertz CT molecular complexity index is 1460. The summed E-state index contributed by atoms with van der Waals surface area (Å²) in [6.45, 7) is 5.97. The Morgan fingerprint density at radius 3 is 2.33 bits per heavy atom. The highest BCUT2D eigenvalue weighted by atomic mass is 35.5. The summed E-state index contributed by atoms with van der Waals surface area (Å²) in [6.07, 6.45) is 6.85. The van der Waals surface area contributed by atoms with Gasteiger partial charge >= 0.3 is 18.0 Å². The van der Waals surface area contributed by atoms with Crippen molar-refractivity contribution in [3.8, 4) is 0 Å². The Labute approximate surface area is 275 Å². The van der Waals surface area contributed by atoms with Crippen molar-refractivity contribution < 1.29 is 28.5 Å². The van der Waals surface area contributed by atoms with Gasteiger partial charge in [0.1, 0.15) is 18.2 Å². The maximum atomic E-state index is 13.9. The number of imide groups is 1. The van der Waals surface area contributed by atoms with Crippen molar-refractivity contribution in [2.24, 2.45) is 0 Å². The number of piperidine rings is 3. The standard InChI is InChI=1S/C34H44ClN6O5/c1-23-19-24(20-28(35)31(23)36)21-29(32(43)38-15-8-25(9-16-38)37-12-4-2-5-13-37)46-34(45)39-17-10-26(11-18-39)41-30(42)22-27-7-3-6-14-40(27)33(41)44/h3,6-7,14,19-20,25-26,29H,2,4-5,8-13,15-18,21-22,36H2,1H3/q+1/t29-/m1/s1. The van der Waals surface area contributed by atoms with Crippen LogP contribution in [0.1, 0.15) is 61.8 Å². The number of hydrogen-bond acceptors (Lipinski definition) is 7. The second kappa shape index (κ2) is 14.0. The summed E-state index contributed by atoms with van der Waals surface area (Å²) in [5.41, 5.74) is 8.79. The maximum absolute atomic E-state index is 13.9. The summed E-state index contributed by atoms with van der Waals surface area (Å²) >= 11 is 6.38. The number of nitrogen functional groups attached to an aromatic ring is 1. The number of pyridine rings is 1. The van der Waals surface area contributed by atoms with Gasteiger partial charge < -0.3 is 25.2 Å². The molecule has 2 N–H and O–H groups in total. The number of aromatic nitrogens is 1. The Morgan fingerprint density at radius 1 is 0.957 bits per heavy atom. The van der Waals surface area contributed by atoms with E-state index in [0.717, 1.165) is 37.1 Å². The number of carbonyl (C=O) groups is 4. The molecule has 0 aliphatic carbocycles. The van der Waals surface area contributed by atoms with Gasteiger partial charge in [-0.1, -0.05) is 30.2 Å². The first-order valence-corrected chi connectivity index (χ1v) is 17.0. The number of aryl methyl sites for hydroxylation is 1. The van der Waals surface area contributed by atoms with Gasteiger partial charge in [0.25, 0.3) is 5.91 Å². The first-order chi connectivity index (χ1) is 22.2. The van der Waals surface area contributed by atoms with E-state index in [1.807, 2.05) is 24.0 Å².